The number of nitrogens with two attached hydrogens (primary N) is 2. The molecule has 2 atom stereocenters. The van der Waals surface area contributed by atoms with Gasteiger partial charge in [0.2, 0.25) is 0 Å². The molecule has 0 rings (SSSR count). The van der Waals surface area contributed by atoms with Gasteiger partial charge in [-0.15, -0.1) is 0 Å². The summed E-state index contributed by atoms with van der Waals surface area (Å²) in [5.74, 6) is 0. The van der Waals surface area contributed by atoms with E-state index in [0.717, 1.165) is 25.7 Å². The lowest BCUT2D eigenvalue weighted by Gasteiger charge is -2.07. The summed E-state index contributed by atoms with van der Waals surface area (Å²) in [6, 6.07) is 0. The van der Waals surface area contributed by atoms with Crippen LogP contribution in [0, 0.1) is 0 Å². The maximum atomic E-state index is 9.12. The molecule has 0 saturated heterocycles. The number of nitrogens with zero attached hydrogens (tertiary/aromatic N) is 1. The fourth-order valence-corrected chi connectivity index (χ4v) is 2.89. The Morgan fingerprint density at radius 3 is 1.50 bits per heavy atom. The number of hydroxylamine groups is 1. The quantitative estimate of drug-likeness (QED) is 0.0858. The number of aliphatic hydroxyl groups excluding tert-OH is 1. The van der Waals surface area contributed by atoms with Gasteiger partial charge in [-0.25, -0.2) is 0 Å². The molecule has 0 amide bonds. The number of aliphatic imine (C=N–C) groups is 1. The maximum absolute atomic E-state index is 9.12. The van der Waals surface area contributed by atoms with Gasteiger partial charge in [-0.2, -0.15) is 5.48 Å². The molecular weight excluding hydrogens is 304 g/mol. The molecule has 0 aliphatic carbocycles. The lowest BCUT2D eigenvalue weighted by molar-refractivity contribution is -0.00393. The zero-order valence-electron chi connectivity index (χ0n) is 15.3. The monoisotopic (exact) mass is 344 g/mol. The number of hydrogen-bond donors (Lipinski definition) is 5. The molecule has 144 valence electrons. The van der Waals surface area contributed by atoms with Gasteiger partial charge in [0.25, 0.3) is 0 Å². The first-order valence-corrected chi connectivity index (χ1v) is 9.77. The number of hydrogen-bond acceptors (Lipinski definition) is 5. The van der Waals surface area contributed by atoms with Gasteiger partial charge >= 0.3 is 0 Å². The number of rotatable bonds is 18. The van der Waals surface area contributed by atoms with Crippen LogP contribution in [0.2, 0.25) is 0 Å². The molecule has 0 aliphatic rings. The van der Waals surface area contributed by atoms with Crippen molar-refractivity contribution in [3.8, 4) is 0 Å². The molecular formula is C18H40N4O2. The Morgan fingerprint density at radius 2 is 1.12 bits per heavy atom. The standard InChI is InChI=1S/C18H40N4O2/c19-16-21-17(20)14-12-10-8-6-4-2-1-3-5-7-9-11-13-15-18(23)22-24/h16-18,22-24H,1-15,20H2,(H2,19,21). The van der Waals surface area contributed by atoms with Crippen LogP contribution in [0.25, 0.3) is 0 Å². The molecule has 24 heavy (non-hydrogen) atoms. The number of aliphatic hydroxyl groups is 1. The van der Waals surface area contributed by atoms with Crippen molar-refractivity contribution < 1.29 is 10.3 Å². The lowest BCUT2D eigenvalue weighted by atomic mass is 10.0. The molecule has 2 unspecified atom stereocenters. The molecule has 6 heteroatoms. The van der Waals surface area contributed by atoms with E-state index in [0.29, 0.717) is 6.42 Å². The van der Waals surface area contributed by atoms with E-state index in [1.165, 1.54) is 70.5 Å². The summed E-state index contributed by atoms with van der Waals surface area (Å²) >= 11 is 0. The first-order valence-electron chi connectivity index (χ1n) is 9.77. The van der Waals surface area contributed by atoms with Crippen LogP contribution in [0.3, 0.4) is 0 Å². The van der Waals surface area contributed by atoms with Crippen molar-refractivity contribution in [1.82, 2.24) is 5.48 Å². The highest BCUT2D eigenvalue weighted by atomic mass is 16.5. The molecule has 0 radical (unpaired) electrons. The van der Waals surface area contributed by atoms with E-state index >= 15 is 0 Å². The topological polar surface area (TPSA) is 117 Å². The molecule has 0 aromatic carbocycles. The predicted molar refractivity (Wildman–Crippen MR) is 101 cm³/mol. The summed E-state index contributed by atoms with van der Waals surface area (Å²) in [7, 11) is 0. The van der Waals surface area contributed by atoms with Crippen molar-refractivity contribution in [2.75, 3.05) is 0 Å². The second-order valence-corrected chi connectivity index (χ2v) is 6.68. The maximum Gasteiger partial charge on any atom is 0.126 e. The van der Waals surface area contributed by atoms with Crippen LogP contribution in [-0.2, 0) is 0 Å². The van der Waals surface area contributed by atoms with Crippen LogP contribution in [0.15, 0.2) is 4.99 Å². The van der Waals surface area contributed by atoms with Crippen LogP contribution in [-0.4, -0.2) is 29.0 Å². The summed E-state index contributed by atoms with van der Waals surface area (Å²) in [6.45, 7) is 0. The summed E-state index contributed by atoms with van der Waals surface area (Å²) in [5, 5.41) is 17.6. The zero-order valence-corrected chi connectivity index (χ0v) is 15.3. The Hall–Kier alpha value is -0.690. The first-order chi connectivity index (χ1) is 11.7. The third kappa shape index (κ3) is 17.7. The van der Waals surface area contributed by atoms with Gasteiger partial charge in [0, 0.05) is 0 Å². The minimum absolute atomic E-state index is 0.119. The van der Waals surface area contributed by atoms with Crippen LogP contribution in [0.4, 0.5) is 0 Å². The molecule has 0 fully saturated rings. The zero-order chi connectivity index (χ0) is 17.9. The Morgan fingerprint density at radius 1 is 0.750 bits per heavy atom. The van der Waals surface area contributed by atoms with Crippen molar-refractivity contribution in [2.24, 2.45) is 16.5 Å². The third-order valence-corrected chi connectivity index (χ3v) is 4.40. The summed E-state index contributed by atoms with van der Waals surface area (Å²) in [5.41, 5.74) is 12.8. The van der Waals surface area contributed by atoms with E-state index in [1.54, 1.807) is 0 Å². The second kappa shape index (κ2) is 18.6. The van der Waals surface area contributed by atoms with Crippen molar-refractivity contribution >= 4 is 6.34 Å². The molecule has 0 aliphatic heterocycles. The summed E-state index contributed by atoms with van der Waals surface area (Å²) in [4.78, 5) is 3.94. The molecule has 0 saturated carbocycles. The number of unbranched alkanes of at least 4 members (excludes halogenated alkanes) is 12. The average molecular weight is 345 g/mol. The highest BCUT2D eigenvalue weighted by Crippen LogP contribution is 2.13. The Balaban J connectivity index is 3.08. The van der Waals surface area contributed by atoms with E-state index < -0.39 is 6.23 Å². The van der Waals surface area contributed by atoms with Crippen molar-refractivity contribution in [3.63, 3.8) is 0 Å². The van der Waals surface area contributed by atoms with E-state index in [1.807, 2.05) is 5.48 Å². The van der Waals surface area contributed by atoms with Crippen LogP contribution in [0.1, 0.15) is 96.3 Å². The van der Waals surface area contributed by atoms with E-state index in [9.17, 15) is 0 Å². The van der Waals surface area contributed by atoms with Crippen LogP contribution < -0.4 is 16.9 Å². The average Bonchev–Trinajstić information content (AvgIpc) is 2.58. The van der Waals surface area contributed by atoms with Crippen molar-refractivity contribution in [2.45, 2.75) is 109 Å². The van der Waals surface area contributed by atoms with Gasteiger partial charge in [-0.05, 0) is 25.7 Å². The van der Waals surface area contributed by atoms with Gasteiger partial charge in [0.1, 0.15) is 6.23 Å². The Labute approximate surface area is 148 Å². The van der Waals surface area contributed by atoms with Gasteiger partial charge < -0.3 is 21.8 Å². The fraction of sp³-hybridized carbons (Fsp3) is 0.944. The fourth-order valence-electron chi connectivity index (χ4n) is 2.89. The van der Waals surface area contributed by atoms with Crippen LogP contribution in [0.5, 0.6) is 0 Å². The van der Waals surface area contributed by atoms with Gasteiger partial charge in [-0.3, -0.25) is 4.99 Å². The van der Waals surface area contributed by atoms with E-state index in [-0.39, 0.29) is 6.17 Å². The first kappa shape index (κ1) is 23.3. The Bertz CT molecular complexity index is 278. The molecule has 7 N–H and O–H groups in total. The molecule has 0 spiro atoms. The minimum atomic E-state index is -0.763. The third-order valence-electron chi connectivity index (χ3n) is 4.40. The molecule has 0 aromatic heterocycles. The minimum Gasteiger partial charge on any atom is -0.390 e. The van der Waals surface area contributed by atoms with Gasteiger partial charge in [0.05, 0.1) is 12.5 Å². The molecule has 6 nitrogen and oxygen atoms in total. The normalized spacial score (nSPS) is 14.3. The highest BCUT2D eigenvalue weighted by Gasteiger charge is 2.00. The van der Waals surface area contributed by atoms with Crippen molar-refractivity contribution in [3.05, 3.63) is 0 Å². The van der Waals surface area contributed by atoms with Crippen LogP contribution >= 0.6 is 0 Å². The van der Waals surface area contributed by atoms with Gasteiger partial charge in [0.15, 0.2) is 0 Å². The SMILES string of the molecule is NC=NC(N)CCCCCCCCCCCCCCCC(O)NO. The van der Waals surface area contributed by atoms with E-state index in [2.05, 4.69) is 4.99 Å². The highest BCUT2D eigenvalue weighted by molar-refractivity contribution is 5.51. The smallest absolute Gasteiger partial charge is 0.126 e. The molecule has 0 heterocycles. The predicted octanol–water partition coefficient (Wildman–Crippen LogP) is 3.41. The van der Waals surface area contributed by atoms with Gasteiger partial charge in [-0.1, -0.05) is 70.6 Å². The molecule has 0 bridgehead atoms. The lowest BCUT2D eigenvalue weighted by Crippen LogP contribution is -2.24. The summed E-state index contributed by atoms with van der Waals surface area (Å²) < 4.78 is 0. The van der Waals surface area contributed by atoms with E-state index in [4.69, 9.17) is 21.8 Å². The van der Waals surface area contributed by atoms with Crippen molar-refractivity contribution in [1.29, 1.82) is 0 Å². The second-order valence-electron chi connectivity index (χ2n) is 6.68. The molecule has 0 aromatic rings. The number of nitrogens with one attached hydrogen (secondary N) is 1. The largest absolute Gasteiger partial charge is 0.390 e. The summed E-state index contributed by atoms with van der Waals surface area (Å²) in [6.07, 6.45) is 18.3. The Kier molecular flexibility index (Phi) is 18.1.